The van der Waals surface area contributed by atoms with Gasteiger partial charge in [0.05, 0.1) is 5.69 Å². The molecular formula is C12H7Cl2N3O. The zero-order valence-electron chi connectivity index (χ0n) is 9.32. The molecule has 6 heteroatoms. The molecule has 0 N–H and O–H groups in total. The van der Waals surface area contributed by atoms with Gasteiger partial charge < -0.3 is 4.42 Å². The van der Waals surface area contributed by atoms with Crippen LogP contribution in [0.15, 0.2) is 28.7 Å². The van der Waals surface area contributed by atoms with Crippen molar-refractivity contribution in [3.05, 3.63) is 40.3 Å². The predicted octanol–water partition coefficient (Wildman–Crippen LogP) is 3.90. The fourth-order valence-corrected chi connectivity index (χ4v) is 2.06. The van der Waals surface area contributed by atoms with E-state index < -0.39 is 0 Å². The molecule has 0 spiro atoms. The Morgan fingerprint density at radius 1 is 1.11 bits per heavy atom. The van der Waals surface area contributed by atoms with Crippen molar-refractivity contribution in [2.45, 2.75) is 6.92 Å². The molecule has 0 amide bonds. The van der Waals surface area contributed by atoms with E-state index >= 15 is 0 Å². The quantitative estimate of drug-likeness (QED) is 0.634. The third kappa shape index (κ3) is 1.94. The van der Waals surface area contributed by atoms with E-state index in [1.165, 1.54) is 0 Å². The van der Waals surface area contributed by atoms with Crippen molar-refractivity contribution in [1.29, 1.82) is 0 Å². The molecule has 0 unspecified atom stereocenters. The van der Waals surface area contributed by atoms with Gasteiger partial charge in [0, 0.05) is 10.6 Å². The molecule has 18 heavy (non-hydrogen) atoms. The highest BCUT2D eigenvalue weighted by molar-refractivity contribution is 6.30. The van der Waals surface area contributed by atoms with Crippen molar-refractivity contribution in [3.63, 3.8) is 0 Å². The first-order chi connectivity index (χ1) is 8.63. The number of benzene rings is 1. The first-order valence-corrected chi connectivity index (χ1v) is 5.96. The van der Waals surface area contributed by atoms with Crippen LogP contribution in [-0.4, -0.2) is 15.0 Å². The Kier molecular flexibility index (Phi) is 2.69. The van der Waals surface area contributed by atoms with E-state index in [4.69, 9.17) is 27.6 Å². The molecule has 4 nitrogen and oxygen atoms in total. The molecule has 0 saturated heterocycles. The molecule has 90 valence electrons. The number of nitrogens with zero attached hydrogens (tertiary/aromatic N) is 3. The van der Waals surface area contributed by atoms with E-state index in [1.807, 2.05) is 12.1 Å². The van der Waals surface area contributed by atoms with Crippen molar-refractivity contribution in [3.8, 4) is 11.5 Å². The monoisotopic (exact) mass is 279 g/mol. The van der Waals surface area contributed by atoms with Crippen molar-refractivity contribution >= 4 is 34.4 Å². The van der Waals surface area contributed by atoms with Crippen molar-refractivity contribution < 1.29 is 4.42 Å². The van der Waals surface area contributed by atoms with E-state index in [1.54, 1.807) is 19.1 Å². The summed E-state index contributed by atoms with van der Waals surface area (Å²) in [5.41, 5.74) is 2.45. The predicted molar refractivity (Wildman–Crippen MR) is 69.8 cm³/mol. The molecule has 0 aliphatic carbocycles. The summed E-state index contributed by atoms with van der Waals surface area (Å²) in [6, 6.07) is 7.26. The van der Waals surface area contributed by atoms with Gasteiger partial charge in [-0.3, -0.25) is 0 Å². The number of aromatic nitrogens is 3. The van der Waals surface area contributed by atoms with Gasteiger partial charge in [0.2, 0.25) is 11.2 Å². The van der Waals surface area contributed by atoms with E-state index in [-0.39, 0.29) is 5.28 Å². The molecular weight excluding hydrogens is 273 g/mol. The molecule has 3 rings (SSSR count). The van der Waals surface area contributed by atoms with Gasteiger partial charge in [-0.2, -0.15) is 4.98 Å². The maximum absolute atomic E-state index is 5.93. The van der Waals surface area contributed by atoms with Crippen molar-refractivity contribution in [2.24, 2.45) is 0 Å². The standard InChI is InChI=1S/C12H7Cl2N3O/c1-6-9-11(17-12(14)15-6)18-10(16-9)7-3-2-4-8(13)5-7/h2-5H,1H3. The average Bonchev–Trinajstić information content (AvgIpc) is 2.73. The van der Waals surface area contributed by atoms with Crippen LogP contribution in [0.3, 0.4) is 0 Å². The SMILES string of the molecule is Cc1nc(Cl)nc2oc(-c3cccc(Cl)c3)nc12. The second-order valence-electron chi connectivity index (χ2n) is 3.76. The fourth-order valence-electron chi connectivity index (χ4n) is 1.67. The lowest BCUT2D eigenvalue weighted by Crippen LogP contribution is -1.87. The molecule has 0 atom stereocenters. The largest absolute Gasteiger partial charge is 0.418 e. The summed E-state index contributed by atoms with van der Waals surface area (Å²) in [6.45, 7) is 1.81. The summed E-state index contributed by atoms with van der Waals surface area (Å²) in [5.74, 6) is 0.451. The first kappa shape index (κ1) is 11.4. The summed E-state index contributed by atoms with van der Waals surface area (Å²) in [5, 5.41) is 0.768. The Hall–Kier alpha value is -1.65. The minimum absolute atomic E-state index is 0.147. The zero-order chi connectivity index (χ0) is 12.7. The lowest BCUT2D eigenvalue weighted by molar-refractivity contribution is 0.607. The Bertz CT molecular complexity index is 739. The fraction of sp³-hybridized carbons (Fsp3) is 0.0833. The second-order valence-corrected chi connectivity index (χ2v) is 4.54. The molecule has 0 fully saturated rings. The van der Waals surface area contributed by atoms with Crippen molar-refractivity contribution in [2.75, 3.05) is 0 Å². The molecule has 3 aromatic rings. The molecule has 0 saturated carbocycles. The minimum Gasteiger partial charge on any atom is -0.418 e. The topological polar surface area (TPSA) is 51.8 Å². The minimum atomic E-state index is 0.147. The highest BCUT2D eigenvalue weighted by Crippen LogP contribution is 2.26. The van der Waals surface area contributed by atoms with Crippen LogP contribution in [0.25, 0.3) is 22.7 Å². The zero-order valence-corrected chi connectivity index (χ0v) is 10.8. The number of aryl methyl sites for hydroxylation is 1. The second kappa shape index (κ2) is 4.23. The van der Waals surface area contributed by atoms with Crippen LogP contribution in [0, 0.1) is 6.92 Å². The maximum Gasteiger partial charge on any atom is 0.252 e. The highest BCUT2D eigenvalue weighted by atomic mass is 35.5. The normalized spacial score (nSPS) is 11.1. The summed E-state index contributed by atoms with van der Waals surface area (Å²) in [7, 11) is 0. The van der Waals surface area contributed by atoms with Gasteiger partial charge in [-0.1, -0.05) is 17.7 Å². The Labute approximate surface area is 113 Å². The van der Waals surface area contributed by atoms with Crippen LogP contribution in [0.2, 0.25) is 10.3 Å². The van der Waals surface area contributed by atoms with Crippen LogP contribution >= 0.6 is 23.2 Å². The van der Waals surface area contributed by atoms with Gasteiger partial charge in [0.1, 0.15) is 0 Å². The third-order valence-electron chi connectivity index (χ3n) is 2.48. The van der Waals surface area contributed by atoms with Crippen LogP contribution in [0.1, 0.15) is 5.69 Å². The summed E-state index contributed by atoms with van der Waals surface area (Å²) >= 11 is 11.7. The van der Waals surface area contributed by atoms with Gasteiger partial charge in [-0.25, -0.2) is 9.97 Å². The van der Waals surface area contributed by atoms with Crippen LogP contribution in [0.5, 0.6) is 0 Å². The number of rotatable bonds is 1. The molecule has 0 bridgehead atoms. The van der Waals surface area contributed by atoms with Gasteiger partial charge in [0.25, 0.3) is 5.71 Å². The van der Waals surface area contributed by atoms with E-state index in [9.17, 15) is 0 Å². The third-order valence-corrected chi connectivity index (χ3v) is 2.88. The Morgan fingerprint density at radius 3 is 2.72 bits per heavy atom. The van der Waals surface area contributed by atoms with Crippen LogP contribution in [0.4, 0.5) is 0 Å². The lowest BCUT2D eigenvalue weighted by atomic mass is 10.2. The van der Waals surface area contributed by atoms with E-state index in [0.717, 1.165) is 5.56 Å². The van der Waals surface area contributed by atoms with Crippen LogP contribution in [-0.2, 0) is 0 Å². The van der Waals surface area contributed by atoms with Gasteiger partial charge in [-0.05, 0) is 36.7 Å². The average molecular weight is 280 g/mol. The van der Waals surface area contributed by atoms with Gasteiger partial charge in [0.15, 0.2) is 5.52 Å². The summed E-state index contributed by atoms with van der Waals surface area (Å²) in [4.78, 5) is 12.4. The van der Waals surface area contributed by atoms with Crippen LogP contribution < -0.4 is 0 Å². The molecule has 0 radical (unpaired) electrons. The van der Waals surface area contributed by atoms with Gasteiger partial charge in [-0.15, -0.1) is 0 Å². The summed E-state index contributed by atoms with van der Waals surface area (Å²) < 4.78 is 5.57. The number of halogens is 2. The van der Waals surface area contributed by atoms with E-state index in [0.29, 0.717) is 27.8 Å². The Balaban J connectivity index is 2.22. The molecule has 0 aliphatic rings. The highest BCUT2D eigenvalue weighted by Gasteiger charge is 2.13. The smallest absolute Gasteiger partial charge is 0.252 e. The van der Waals surface area contributed by atoms with E-state index in [2.05, 4.69) is 15.0 Å². The molecule has 2 aromatic heterocycles. The number of oxazole rings is 1. The van der Waals surface area contributed by atoms with Gasteiger partial charge >= 0.3 is 0 Å². The maximum atomic E-state index is 5.93. The molecule has 1 aromatic carbocycles. The molecule has 0 aliphatic heterocycles. The van der Waals surface area contributed by atoms with Crippen molar-refractivity contribution in [1.82, 2.24) is 15.0 Å². The number of fused-ring (bicyclic) bond motifs is 1. The molecule has 2 heterocycles. The lowest BCUT2D eigenvalue weighted by Gasteiger charge is -1.94. The number of hydrogen-bond donors (Lipinski definition) is 0. The Morgan fingerprint density at radius 2 is 1.94 bits per heavy atom. The first-order valence-electron chi connectivity index (χ1n) is 5.20. The summed E-state index contributed by atoms with van der Waals surface area (Å²) in [6.07, 6.45) is 0. The number of hydrogen-bond acceptors (Lipinski definition) is 4.